The van der Waals surface area contributed by atoms with Crippen molar-refractivity contribution in [2.75, 3.05) is 24.9 Å². The van der Waals surface area contributed by atoms with Crippen LogP contribution in [-0.2, 0) is 20.2 Å². The van der Waals surface area contributed by atoms with E-state index in [4.69, 9.17) is 9.47 Å². The van der Waals surface area contributed by atoms with E-state index in [-0.39, 0.29) is 5.56 Å². The number of methoxy groups -OCH3 is 2. The highest BCUT2D eigenvalue weighted by molar-refractivity contribution is 7.86. The zero-order valence-electron chi connectivity index (χ0n) is 29.7. The molecule has 0 radical (unpaired) electrons. The standard InChI is InChI=1S/C39H42N2O8S2/c1-22-15-24(3)38(25(4)16-22)40-32-13-9-28(19-34(32)48-7)37(31-12-11-30(50(42,43)44)21-36(31)51(45,46)47)29-10-14-33(35(20-29)49-8)41-39-26(5)17-23(2)18-27(39)6/h9-21,37,40-41H,1-8H3,(H,42,43,44)(H,45,46,47). The Balaban J connectivity index is 1.71. The number of hydrogen-bond acceptors (Lipinski definition) is 8. The fourth-order valence-corrected chi connectivity index (χ4v) is 8.03. The second-order valence-corrected chi connectivity index (χ2v) is 15.6. The number of hydrogen-bond donors (Lipinski definition) is 4. The molecule has 0 spiro atoms. The van der Waals surface area contributed by atoms with Crippen LogP contribution in [0.5, 0.6) is 11.5 Å². The van der Waals surface area contributed by atoms with Crippen molar-refractivity contribution in [2.24, 2.45) is 0 Å². The summed E-state index contributed by atoms with van der Waals surface area (Å²) in [6.45, 7) is 12.1. The van der Waals surface area contributed by atoms with Gasteiger partial charge in [-0.1, -0.05) is 53.6 Å². The summed E-state index contributed by atoms with van der Waals surface area (Å²) in [6, 6.07) is 22.2. The first-order valence-electron chi connectivity index (χ1n) is 16.1. The molecule has 0 saturated carbocycles. The van der Waals surface area contributed by atoms with E-state index < -0.39 is 35.9 Å². The third-order valence-corrected chi connectivity index (χ3v) is 10.6. The maximum Gasteiger partial charge on any atom is 0.294 e. The lowest BCUT2D eigenvalue weighted by Gasteiger charge is -2.24. The van der Waals surface area contributed by atoms with Gasteiger partial charge in [-0.15, -0.1) is 0 Å². The number of nitrogens with one attached hydrogen (secondary N) is 2. The van der Waals surface area contributed by atoms with Crippen molar-refractivity contribution in [2.45, 2.75) is 57.3 Å². The minimum atomic E-state index is -5.00. The van der Waals surface area contributed by atoms with Gasteiger partial charge in [-0.2, -0.15) is 16.8 Å². The monoisotopic (exact) mass is 730 g/mol. The van der Waals surface area contributed by atoms with E-state index in [0.717, 1.165) is 56.9 Å². The molecule has 0 saturated heterocycles. The van der Waals surface area contributed by atoms with Crippen molar-refractivity contribution in [3.8, 4) is 11.5 Å². The summed E-state index contributed by atoms with van der Waals surface area (Å²) in [5.74, 6) is 0.0137. The molecule has 0 heterocycles. The Morgan fingerprint density at radius 2 is 0.961 bits per heavy atom. The first kappa shape index (κ1) is 37.4. The van der Waals surface area contributed by atoms with Crippen LogP contribution in [0.4, 0.5) is 22.7 Å². The van der Waals surface area contributed by atoms with Gasteiger partial charge in [-0.25, -0.2) is 0 Å². The van der Waals surface area contributed by atoms with Crippen LogP contribution in [0, 0.1) is 41.5 Å². The molecule has 268 valence electrons. The Hall–Kier alpha value is -4.88. The smallest absolute Gasteiger partial charge is 0.294 e. The zero-order chi connectivity index (χ0) is 37.4. The fourth-order valence-electron chi connectivity index (χ4n) is 6.69. The van der Waals surface area contributed by atoms with Crippen molar-refractivity contribution >= 4 is 43.0 Å². The first-order valence-corrected chi connectivity index (χ1v) is 18.9. The van der Waals surface area contributed by atoms with Gasteiger partial charge >= 0.3 is 0 Å². The maximum absolute atomic E-state index is 12.8. The molecule has 4 N–H and O–H groups in total. The van der Waals surface area contributed by atoms with E-state index in [1.807, 2.05) is 53.7 Å². The highest BCUT2D eigenvalue weighted by Gasteiger charge is 2.29. The normalized spacial score (nSPS) is 11.8. The molecule has 5 aromatic rings. The van der Waals surface area contributed by atoms with Gasteiger partial charge < -0.3 is 20.1 Å². The molecule has 5 aromatic carbocycles. The molecule has 0 aliphatic carbocycles. The van der Waals surface area contributed by atoms with Crippen LogP contribution in [0.15, 0.2) is 88.7 Å². The second-order valence-electron chi connectivity index (χ2n) is 12.8. The second kappa shape index (κ2) is 14.4. The molecule has 0 aliphatic rings. The Kier molecular flexibility index (Phi) is 10.5. The number of aryl methyl sites for hydroxylation is 6. The van der Waals surface area contributed by atoms with Crippen molar-refractivity contribution in [1.29, 1.82) is 0 Å². The molecule has 0 aliphatic heterocycles. The van der Waals surface area contributed by atoms with Gasteiger partial charge in [0.05, 0.1) is 35.4 Å². The van der Waals surface area contributed by atoms with Gasteiger partial charge in [-0.3, -0.25) is 9.11 Å². The molecule has 0 atom stereocenters. The maximum atomic E-state index is 12.8. The first-order chi connectivity index (χ1) is 23.9. The molecule has 10 nitrogen and oxygen atoms in total. The number of anilines is 4. The molecule has 0 unspecified atom stereocenters. The van der Waals surface area contributed by atoms with Gasteiger partial charge in [-0.05, 0) is 117 Å². The number of benzene rings is 5. The predicted molar refractivity (Wildman–Crippen MR) is 201 cm³/mol. The van der Waals surface area contributed by atoms with Crippen molar-refractivity contribution in [3.63, 3.8) is 0 Å². The Labute approximate surface area is 300 Å². The third-order valence-electron chi connectivity index (χ3n) is 8.86. The predicted octanol–water partition coefficient (Wildman–Crippen LogP) is 8.72. The lowest BCUT2D eigenvalue weighted by atomic mass is 9.84. The third kappa shape index (κ3) is 8.04. The molecule has 0 aromatic heterocycles. The molecule has 0 amide bonds. The van der Waals surface area contributed by atoms with Gasteiger partial charge in [0.25, 0.3) is 20.2 Å². The lowest BCUT2D eigenvalue weighted by Crippen LogP contribution is -2.13. The fraction of sp³-hybridized carbons (Fsp3) is 0.231. The van der Waals surface area contributed by atoms with Crippen LogP contribution in [0.1, 0.15) is 56.0 Å². The summed E-state index contributed by atoms with van der Waals surface area (Å²) >= 11 is 0. The van der Waals surface area contributed by atoms with Gasteiger partial charge in [0.15, 0.2) is 0 Å². The minimum Gasteiger partial charge on any atom is -0.495 e. The average molecular weight is 731 g/mol. The molecule has 0 fully saturated rings. The van der Waals surface area contributed by atoms with Gasteiger partial charge in [0.1, 0.15) is 11.5 Å². The minimum absolute atomic E-state index is 0.0610. The van der Waals surface area contributed by atoms with Crippen molar-refractivity contribution in [3.05, 3.63) is 129 Å². The highest BCUT2D eigenvalue weighted by Crippen LogP contribution is 2.43. The van der Waals surface area contributed by atoms with Gasteiger partial charge in [0, 0.05) is 17.3 Å². The summed E-state index contributed by atoms with van der Waals surface area (Å²) in [5.41, 5.74) is 10.8. The summed E-state index contributed by atoms with van der Waals surface area (Å²) in [4.78, 5) is -1.36. The molecular weight excluding hydrogens is 689 g/mol. The number of rotatable bonds is 11. The van der Waals surface area contributed by atoms with Crippen LogP contribution in [0.2, 0.25) is 0 Å². The van der Waals surface area contributed by atoms with E-state index >= 15 is 0 Å². The lowest BCUT2D eigenvalue weighted by molar-refractivity contribution is 0.415. The van der Waals surface area contributed by atoms with Gasteiger partial charge in [0.2, 0.25) is 0 Å². The van der Waals surface area contributed by atoms with E-state index in [9.17, 15) is 25.9 Å². The highest BCUT2D eigenvalue weighted by atomic mass is 32.2. The summed E-state index contributed by atoms with van der Waals surface area (Å²) in [7, 11) is -6.75. The molecular formula is C39H42N2O8S2. The quantitative estimate of drug-likeness (QED) is 0.0767. The Bertz CT molecular complexity index is 2210. The molecule has 51 heavy (non-hydrogen) atoms. The average Bonchev–Trinajstić information content (AvgIpc) is 3.04. The Morgan fingerprint density at radius 3 is 1.31 bits per heavy atom. The van der Waals surface area contributed by atoms with E-state index in [0.29, 0.717) is 34.0 Å². The number of ether oxygens (including phenoxy) is 2. The summed E-state index contributed by atoms with van der Waals surface area (Å²) in [6.07, 6.45) is 0. The molecule has 5 rings (SSSR count). The summed E-state index contributed by atoms with van der Waals surface area (Å²) in [5, 5.41) is 6.94. The van der Waals surface area contributed by atoms with Crippen LogP contribution in [-0.4, -0.2) is 40.2 Å². The van der Waals surface area contributed by atoms with Crippen LogP contribution >= 0.6 is 0 Å². The molecule has 12 heteroatoms. The summed E-state index contributed by atoms with van der Waals surface area (Å²) < 4.78 is 81.6. The topological polar surface area (TPSA) is 151 Å². The Morgan fingerprint density at radius 1 is 0.549 bits per heavy atom. The van der Waals surface area contributed by atoms with Crippen LogP contribution in [0.25, 0.3) is 0 Å². The van der Waals surface area contributed by atoms with Crippen LogP contribution in [0.3, 0.4) is 0 Å². The largest absolute Gasteiger partial charge is 0.495 e. The van der Waals surface area contributed by atoms with E-state index in [1.165, 1.54) is 20.3 Å². The van der Waals surface area contributed by atoms with E-state index in [2.05, 4.69) is 34.9 Å². The SMILES string of the molecule is COc1cc(C(c2ccc(Nc3c(C)cc(C)cc3C)c(OC)c2)c2ccc(S(=O)(=O)O)cc2S(=O)(=O)O)ccc1Nc1c(C)cc(C)cc1C. The van der Waals surface area contributed by atoms with Crippen LogP contribution < -0.4 is 20.1 Å². The van der Waals surface area contributed by atoms with Crippen molar-refractivity contribution < 1.29 is 35.4 Å². The zero-order valence-corrected chi connectivity index (χ0v) is 31.4. The van der Waals surface area contributed by atoms with Crippen molar-refractivity contribution in [1.82, 2.24) is 0 Å². The molecule has 0 bridgehead atoms. The van der Waals surface area contributed by atoms with E-state index in [1.54, 1.807) is 24.3 Å².